The minimum Gasteiger partial charge on any atom is -0.489 e. The average Bonchev–Trinajstić information content (AvgIpc) is 3.37. The Balaban J connectivity index is 1.53. The summed E-state index contributed by atoms with van der Waals surface area (Å²) in [5.74, 6) is -3.02. The van der Waals surface area contributed by atoms with Gasteiger partial charge < -0.3 is 15.2 Å². The molecule has 0 unspecified atom stereocenters. The topological polar surface area (TPSA) is 76.4 Å². The number of carboxylic acids is 1. The lowest BCUT2D eigenvalue weighted by Gasteiger charge is -2.38. The van der Waals surface area contributed by atoms with E-state index in [9.17, 15) is 18.7 Å². The first kappa shape index (κ1) is 18.4. The Hall–Kier alpha value is -2.64. The fraction of sp³-hybridized carbons (Fsp3) is 0.524. The molecule has 154 valence electrons. The van der Waals surface area contributed by atoms with Crippen LogP contribution in [0.15, 0.2) is 24.5 Å². The van der Waals surface area contributed by atoms with Crippen molar-refractivity contribution in [3.05, 3.63) is 30.1 Å². The number of fused-ring (bicyclic) bond motifs is 1. The number of carbonyl (C=O) groups is 1. The molecule has 5 rings (SSSR count). The lowest BCUT2D eigenvalue weighted by Crippen LogP contribution is -2.46. The second kappa shape index (κ2) is 6.18. The number of aliphatic carboxylic acids is 1. The summed E-state index contributed by atoms with van der Waals surface area (Å²) in [7, 11) is 0. The normalized spacial score (nSPS) is 25.6. The van der Waals surface area contributed by atoms with Gasteiger partial charge in [0.25, 0.3) is 5.92 Å². The molecule has 0 saturated heterocycles. The molecule has 29 heavy (non-hydrogen) atoms. The lowest BCUT2D eigenvalue weighted by atomic mass is 9.85. The molecule has 2 aliphatic carbocycles. The van der Waals surface area contributed by atoms with Crippen molar-refractivity contribution in [1.29, 1.82) is 0 Å². The molecule has 2 aromatic rings. The van der Waals surface area contributed by atoms with E-state index in [1.54, 1.807) is 13.1 Å². The van der Waals surface area contributed by atoms with Gasteiger partial charge in [-0.25, -0.2) is 13.6 Å². The zero-order valence-corrected chi connectivity index (χ0v) is 16.1. The predicted molar refractivity (Wildman–Crippen MR) is 103 cm³/mol. The zero-order valence-electron chi connectivity index (χ0n) is 16.1. The summed E-state index contributed by atoms with van der Waals surface area (Å²) in [5.41, 5.74) is 2.15. The zero-order chi connectivity index (χ0) is 20.4. The first-order chi connectivity index (χ1) is 13.7. The van der Waals surface area contributed by atoms with E-state index >= 15 is 0 Å². The van der Waals surface area contributed by atoms with Crippen LogP contribution in [0.4, 0.5) is 14.5 Å². The molecule has 0 amide bonds. The molecular weight excluding hydrogens is 380 g/mol. The number of halogens is 2. The SMILES string of the molecule is C[C@@]1(C(=O)O)CCc2c(ccc(-c3cnn(C4CC4)c3)c2OC2CC(F)(F)C2)N1. The molecule has 1 atom stereocenters. The maximum absolute atomic E-state index is 13.4. The van der Waals surface area contributed by atoms with Gasteiger partial charge in [0, 0.05) is 41.4 Å². The Morgan fingerprint density at radius 1 is 1.34 bits per heavy atom. The molecule has 0 bridgehead atoms. The number of hydrogen-bond donors (Lipinski definition) is 2. The van der Waals surface area contributed by atoms with Gasteiger partial charge in [-0.1, -0.05) is 0 Å². The van der Waals surface area contributed by atoms with Gasteiger partial charge >= 0.3 is 5.97 Å². The molecule has 8 heteroatoms. The van der Waals surface area contributed by atoms with Crippen molar-refractivity contribution in [2.75, 3.05) is 5.32 Å². The van der Waals surface area contributed by atoms with Gasteiger partial charge in [-0.3, -0.25) is 4.68 Å². The fourth-order valence-electron chi connectivity index (χ4n) is 4.12. The second-order valence-electron chi connectivity index (χ2n) is 8.67. The highest BCUT2D eigenvalue weighted by Crippen LogP contribution is 2.47. The summed E-state index contributed by atoms with van der Waals surface area (Å²) < 4.78 is 34.8. The molecule has 2 fully saturated rings. The Labute approximate surface area is 166 Å². The van der Waals surface area contributed by atoms with Crippen molar-refractivity contribution in [1.82, 2.24) is 9.78 Å². The van der Waals surface area contributed by atoms with Gasteiger partial charge in [-0.2, -0.15) is 5.10 Å². The summed E-state index contributed by atoms with van der Waals surface area (Å²) >= 11 is 0. The van der Waals surface area contributed by atoms with Crippen LogP contribution >= 0.6 is 0 Å². The van der Waals surface area contributed by atoms with Gasteiger partial charge in [0.2, 0.25) is 0 Å². The van der Waals surface area contributed by atoms with Crippen molar-refractivity contribution in [3.8, 4) is 16.9 Å². The third kappa shape index (κ3) is 3.24. The van der Waals surface area contributed by atoms with Gasteiger partial charge in [-0.05, 0) is 44.7 Å². The van der Waals surface area contributed by atoms with Crippen molar-refractivity contribution >= 4 is 11.7 Å². The number of nitrogens with one attached hydrogen (secondary N) is 1. The van der Waals surface area contributed by atoms with E-state index in [0.29, 0.717) is 30.3 Å². The van der Waals surface area contributed by atoms with E-state index in [2.05, 4.69) is 10.4 Å². The third-order valence-corrected chi connectivity index (χ3v) is 6.19. The van der Waals surface area contributed by atoms with E-state index < -0.39 is 23.5 Å². The fourth-order valence-corrected chi connectivity index (χ4v) is 4.12. The number of hydrogen-bond acceptors (Lipinski definition) is 4. The quantitative estimate of drug-likeness (QED) is 0.780. The number of carboxylic acid groups (broad SMARTS) is 1. The molecular formula is C21H23F2N3O3. The van der Waals surface area contributed by atoms with E-state index in [-0.39, 0.29) is 12.8 Å². The smallest absolute Gasteiger partial charge is 0.329 e. The highest BCUT2D eigenvalue weighted by atomic mass is 19.3. The Morgan fingerprint density at radius 2 is 2.10 bits per heavy atom. The predicted octanol–water partition coefficient (Wildman–Crippen LogP) is 4.26. The monoisotopic (exact) mass is 403 g/mol. The van der Waals surface area contributed by atoms with Crippen LogP contribution in [-0.4, -0.2) is 38.4 Å². The molecule has 2 saturated carbocycles. The standard InChI is InChI=1S/C21H23F2N3O3/c1-20(19(27)28)7-6-16-17(25-20)5-4-15(12-10-24-26(11-12)13-2-3-13)18(16)29-14-8-21(22,23)9-14/h4-5,10-11,13-14,25H,2-3,6-9H2,1H3,(H,27,28)/t20-/m0/s1. The van der Waals surface area contributed by atoms with Gasteiger partial charge in [0.15, 0.2) is 0 Å². The van der Waals surface area contributed by atoms with Gasteiger partial charge in [0.1, 0.15) is 17.4 Å². The van der Waals surface area contributed by atoms with Crippen molar-refractivity contribution in [2.45, 2.75) is 69.1 Å². The van der Waals surface area contributed by atoms with Crippen LogP contribution in [0.3, 0.4) is 0 Å². The van der Waals surface area contributed by atoms with E-state index in [0.717, 1.165) is 29.5 Å². The van der Waals surface area contributed by atoms with Crippen LogP contribution in [0.25, 0.3) is 11.1 Å². The maximum atomic E-state index is 13.4. The molecule has 0 radical (unpaired) electrons. The first-order valence-electron chi connectivity index (χ1n) is 10.0. The van der Waals surface area contributed by atoms with Crippen LogP contribution in [0, 0.1) is 0 Å². The molecule has 2 N–H and O–H groups in total. The largest absolute Gasteiger partial charge is 0.489 e. The van der Waals surface area contributed by atoms with Crippen molar-refractivity contribution in [3.63, 3.8) is 0 Å². The molecule has 2 heterocycles. The molecule has 1 aromatic heterocycles. The van der Waals surface area contributed by atoms with Crippen LogP contribution < -0.4 is 10.1 Å². The highest BCUT2D eigenvalue weighted by molar-refractivity contribution is 5.86. The summed E-state index contributed by atoms with van der Waals surface area (Å²) in [6, 6.07) is 4.15. The summed E-state index contributed by atoms with van der Waals surface area (Å²) in [6.07, 6.45) is 5.73. The summed E-state index contributed by atoms with van der Waals surface area (Å²) in [5, 5.41) is 17.1. The Morgan fingerprint density at radius 3 is 2.76 bits per heavy atom. The Bertz CT molecular complexity index is 978. The highest BCUT2D eigenvalue weighted by Gasteiger charge is 2.48. The Kier molecular flexibility index (Phi) is 3.92. The molecule has 3 aliphatic rings. The number of ether oxygens (including phenoxy) is 1. The number of alkyl halides is 2. The first-order valence-corrected chi connectivity index (χ1v) is 10.0. The van der Waals surface area contributed by atoms with Crippen LogP contribution in [0.5, 0.6) is 5.75 Å². The number of aromatic nitrogens is 2. The van der Waals surface area contributed by atoms with Crippen LogP contribution in [0.1, 0.15) is 50.6 Å². The van der Waals surface area contributed by atoms with Crippen LogP contribution in [-0.2, 0) is 11.2 Å². The number of anilines is 1. The number of benzene rings is 1. The maximum Gasteiger partial charge on any atom is 0.329 e. The van der Waals surface area contributed by atoms with Gasteiger partial charge in [-0.15, -0.1) is 0 Å². The third-order valence-electron chi connectivity index (χ3n) is 6.19. The minimum atomic E-state index is -2.67. The molecule has 0 spiro atoms. The minimum absolute atomic E-state index is 0.294. The number of nitrogens with zero attached hydrogens (tertiary/aromatic N) is 2. The number of rotatable bonds is 5. The van der Waals surface area contributed by atoms with Crippen molar-refractivity contribution in [2.24, 2.45) is 0 Å². The molecule has 1 aromatic carbocycles. The summed E-state index contributed by atoms with van der Waals surface area (Å²) in [6.45, 7) is 1.65. The average molecular weight is 403 g/mol. The summed E-state index contributed by atoms with van der Waals surface area (Å²) in [4.78, 5) is 11.6. The van der Waals surface area contributed by atoms with Crippen LogP contribution in [0.2, 0.25) is 0 Å². The van der Waals surface area contributed by atoms with E-state index in [1.807, 2.05) is 23.0 Å². The van der Waals surface area contributed by atoms with E-state index in [4.69, 9.17) is 4.74 Å². The van der Waals surface area contributed by atoms with E-state index in [1.165, 1.54) is 0 Å². The van der Waals surface area contributed by atoms with Crippen molar-refractivity contribution < 1.29 is 23.4 Å². The van der Waals surface area contributed by atoms with Gasteiger partial charge in [0.05, 0.1) is 12.2 Å². The molecule has 1 aliphatic heterocycles. The second-order valence-corrected chi connectivity index (χ2v) is 8.67. The lowest BCUT2D eigenvalue weighted by molar-refractivity contribution is -0.142. The molecule has 6 nitrogen and oxygen atoms in total.